The normalized spacial score (nSPS) is 12.6. The first kappa shape index (κ1) is 27.0. The van der Waals surface area contributed by atoms with Gasteiger partial charge in [0, 0.05) is 11.9 Å². The number of halogens is 3. The van der Waals surface area contributed by atoms with Gasteiger partial charge in [0.2, 0.25) is 0 Å². The van der Waals surface area contributed by atoms with Crippen LogP contribution >= 0.6 is 0 Å². The summed E-state index contributed by atoms with van der Waals surface area (Å²) in [6, 6.07) is 8.01. The van der Waals surface area contributed by atoms with Crippen LogP contribution < -0.4 is 15.5 Å². The van der Waals surface area contributed by atoms with Gasteiger partial charge in [-0.25, -0.2) is 9.59 Å². The monoisotopic (exact) mass is 483 g/mol. The number of benzene rings is 2. The number of hydrogen-bond acceptors (Lipinski definition) is 6. The zero-order valence-corrected chi connectivity index (χ0v) is 18.7. The second-order valence-electron chi connectivity index (χ2n) is 8.44. The Labute approximate surface area is 194 Å². The molecular weight excluding hydrogens is 458 g/mol. The molecule has 2 rings (SSSR count). The molecule has 0 heterocycles. The van der Waals surface area contributed by atoms with Crippen LogP contribution in [0.2, 0.25) is 0 Å². The van der Waals surface area contributed by atoms with Crippen molar-refractivity contribution in [1.82, 2.24) is 5.32 Å². The zero-order chi connectivity index (χ0) is 25.7. The molecule has 184 valence electrons. The minimum atomic E-state index is -4.87. The molecule has 2 aromatic rings. The summed E-state index contributed by atoms with van der Waals surface area (Å²) < 4.78 is 51.1. The first-order valence-electron chi connectivity index (χ1n) is 10.2. The number of carboxylic acid groups (broad SMARTS) is 1. The summed E-state index contributed by atoms with van der Waals surface area (Å²) in [5.41, 5.74) is -2.44. The number of alkyl carbamates (subject to hydrolysis) is 1. The summed E-state index contributed by atoms with van der Waals surface area (Å²) in [5, 5.41) is 31.1. The van der Waals surface area contributed by atoms with E-state index in [1.54, 1.807) is 51.1 Å². The molecule has 1 atom stereocenters. The summed E-state index contributed by atoms with van der Waals surface area (Å²) in [4.78, 5) is 23.8. The van der Waals surface area contributed by atoms with E-state index in [0.29, 0.717) is 17.7 Å². The number of carbonyl (C=O) groups is 2. The van der Waals surface area contributed by atoms with Crippen molar-refractivity contribution in [2.45, 2.75) is 51.6 Å². The van der Waals surface area contributed by atoms with Gasteiger partial charge in [0.15, 0.2) is 0 Å². The fourth-order valence-corrected chi connectivity index (χ4v) is 3.00. The van der Waals surface area contributed by atoms with Crippen molar-refractivity contribution in [3.05, 3.63) is 59.2 Å². The fraction of sp³-hybridized carbons (Fsp3) is 0.364. The van der Waals surface area contributed by atoms with E-state index in [2.05, 4.69) is 5.32 Å². The predicted octanol–water partition coefficient (Wildman–Crippen LogP) is 2.48. The summed E-state index contributed by atoms with van der Waals surface area (Å²) in [6.07, 6.45) is -6.60. The van der Waals surface area contributed by atoms with E-state index < -0.39 is 54.4 Å². The molecule has 0 radical (unpaired) electrons. The molecule has 12 heteroatoms. The van der Waals surface area contributed by atoms with Crippen LogP contribution in [0.5, 0.6) is 5.75 Å². The number of amides is 1. The molecule has 0 aliphatic heterocycles. The van der Waals surface area contributed by atoms with Gasteiger partial charge >= 0.3 is 25.4 Å². The maximum absolute atomic E-state index is 13.5. The van der Waals surface area contributed by atoms with Crippen molar-refractivity contribution < 1.29 is 47.4 Å². The maximum Gasteiger partial charge on any atom is 0.492 e. The molecule has 0 saturated carbocycles. The first-order chi connectivity index (χ1) is 15.7. The molecule has 1 amide bonds. The lowest BCUT2D eigenvalue weighted by molar-refractivity contribution is -0.139. The second-order valence-corrected chi connectivity index (χ2v) is 8.44. The van der Waals surface area contributed by atoms with Crippen LogP contribution in [0.4, 0.5) is 18.0 Å². The Kier molecular flexibility index (Phi) is 8.57. The smallest absolute Gasteiger partial charge is 0.489 e. The standard InChI is InChI=1S/C22H25BF3NO7/c1-21(2,3)34-20(30)27-17(19(28)29)10-14-9-15(22(24,25)26)11-16(23(31)32)18(14)33-12-13-7-5-4-6-8-13/h4-9,11,17,31-32H,10,12H2,1-3H3,(H,27,30)(H,28,29). The lowest BCUT2D eigenvalue weighted by atomic mass is 9.77. The number of carboxylic acids is 1. The minimum Gasteiger partial charge on any atom is -0.489 e. The Morgan fingerprint density at radius 1 is 1.09 bits per heavy atom. The highest BCUT2D eigenvalue weighted by Crippen LogP contribution is 2.33. The molecule has 1 unspecified atom stereocenters. The Hall–Kier alpha value is -3.25. The number of alkyl halides is 3. The van der Waals surface area contributed by atoms with Crippen molar-refractivity contribution in [3.8, 4) is 5.75 Å². The van der Waals surface area contributed by atoms with E-state index >= 15 is 0 Å². The average molecular weight is 483 g/mol. The van der Waals surface area contributed by atoms with E-state index in [1.165, 1.54) is 0 Å². The largest absolute Gasteiger partial charge is 0.492 e. The van der Waals surface area contributed by atoms with E-state index in [-0.39, 0.29) is 17.9 Å². The quantitative estimate of drug-likeness (QED) is 0.426. The van der Waals surface area contributed by atoms with Crippen molar-refractivity contribution in [1.29, 1.82) is 0 Å². The maximum atomic E-state index is 13.5. The molecule has 34 heavy (non-hydrogen) atoms. The molecule has 0 aliphatic rings. The van der Waals surface area contributed by atoms with Gasteiger partial charge in [-0.2, -0.15) is 13.2 Å². The molecular formula is C22H25BF3NO7. The number of hydrogen-bond donors (Lipinski definition) is 4. The third kappa shape index (κ3) is 7.96. The molecule has 0 saturated heterocycles. The summed E-state index contributed by atoms with van der Waals surface area (Å²) in [7, 11) is -2.34. The van der Waals surface area contributed by atoms with E-state index in [0.717, 1.165) is 0 Å². The fourth-order valence-electron chi connectivity index (χ4n) is 3.00. The van der Waals surface area contributed by atoms with Crippen molar-refractivity contribution in [3.63, 3.8) is 0 Å². The highest BCUT2D eigenvalue weighted by molar-refractivity contribution is 6.59. The van der Waals surface area contributed by atoms with Crippen molar-refractivity contribution in [2.24, 2.45) is 0 Å². The third-order valence-electron chi connectivity index (χ3n) is 4.44. The van der Waals surface area contributed by atoms with E-state index in [9.17, 15) is 37.9 Å². The van der Waals surface area contributed by atoms with Crippen LogP contribution in [0.3, 0.4) is 0 Å². The molecule has 0 fully saturated rings. The number of ether oxygens (including phenoxy) is 2. The molecule has 0 spiro atoms. The van der Waals surface area contributed by atoms with Gasteiger partial charge in [-0.3, -0.25) is 0 Å². The number of carbonyl (C=O) groups excluding carboxylic acids is 1. The van der Waals surface area contributed by atoms with Gasteiger partial charge in [0.1, 0.15) is 24.0 Å². The van der Waals surface area contributed by atoms with Crippen LogP contribution in [0.1, 0.15) is 37.5 Å². The summed E-state index contributed by atoms with van der Waals surface area (Å²) in [6.45, 7) is 4.52. The molecule has 0 bridgehead atoms. The van der Waals surface area contributed by atoms with Gasteiger partial charge in [-0.05, 0) is 44.0 Å². The van der Waals surface area contributed by atoms with Crippen LogP contribution in [0.15, 0.2) is 42.5 Å². The number of aliphatic carboxylic acids is 1. The summed E-state index contributed by atoms with van der Waals surface area (Å²) >= 11 is 0. The average Bonchev–Trinajstić information content (AvgIpc) is 2.70. The van der Waals surface area contributed by atoms with Crippen molar-refractivity contribution >= 4 is 24.6 Å². The van der Waals surface area contributed by atoms with E-state index in [4.69, 9.17) is 9.47 Å². The molecule has 2 aromatic carbocycles. The molecule has 4 N–H and O–H groups in total. The summed E-state index contributed by atoms with van der Waals surface area (Å²) in [5.74, 6) is -1.87. The molecule has 8 nitrogen and oxygen atoms in total. The van der Waals surface area contributed by atoms with Crippen LogP contribution in [-0.2, 0) is 28.7 Å². The first-order valence-corrected chi connectivity index (χ1v) is 10.2. The minimum absolute atomic E-state index is 0.143. The highest BCUT2D eigenvalue weighted by Gasteiger charge is 2.35. The van der Waals surface area contributed by atoms with Gasteiger partial charge < -0.3 is 29.9 Å². The van der Waals surface area contributed by atoms with Gasteiger partial charge in [0.25, 0.3) is 0 Å². The second kappa shape index (κ2) is 10.8. The lowest BCUT2D eigenvalue weighted by Crippen LogP contribution is -2.45. The van der Waals surface area contributed by atoms with Gasteiger partial charge in [-0.15, -0.1) is 0 Å². The Bertz CT molecular complexity index is 1010. The third-order valence-corrected chi connectivity index (χ3v) is 4.44. The van der Waals surface area contributed by atoms with E-state index in [1.807, 2.05) is 0 Å². The molecule has 0 aliphatic carbocycles. The number of rotatable bonds is 8. The van der Waals surface area contributed by atoms with Crippen molar-refractivity contribution in [2.75, 3.05) is 0 Å². The highest BCUT2D eigenvalue weighted by atomic mass is 19.4. The van der Waals surface area contributed by atoms with Gasteiger partial charge in [0.05, 0.1) is 5.56 Å². The zero-order valence-electron chi connectivity index (χ0n) is 18.7. The Balaban J connectivity index is 2.49. The van der Waals surface area contributed by atoms with Crippen LogP contribution in [0.25, 0.3) is 0 Å². The predicted molar refractivity (Wildman–Crippen MR) is 117 cm³/mol. The topological polar surface area (TPSA) is 125 Å². The molecule has 0 aromatic heterocycles. The Morgan fingerprint density at radius 3 is 2.21 bits per heavy atom. The van der Waals surface area contributed by atoms with Crippen LogP contribution in [0, 0.1) is 0 Å². The number of nitrogens with one attached hydrogen (secondary N) is 1. The van der Waals surface area contributed by atoms with Crippen LogP contribution in [-0.4, -0.2) is 46.0 Å². The lowest BCUT2D eigenvalue weighted by Gasteiger charge is -2.23. The SMILES string of the molecule is CC(C)(C)OC(=O)NC(Cc1cc(C(F)(F)F)cc(B(O)O)c1OCc1ccccc1)C(=O)O. The Morgan fingerprint density at radius 2 is 1.71 bits per heavy atom. The van der Waals surface area contributed by atoms with Gasteiger partial charge in [-0.1, -0.05) is 30.3 Å².